The van der Waals surface area contributed by atoms with Gasteiger partial charge >= 0.3 is 0 Å². The van der Waals surface area contributed by atoms with Crippen molar-refractivity contribution in [3.8, 4) is 10.6 Å². The predicted octanol–water partition coefficient (Wildman–Crippen LogP) is 4.58. The third-order valence-electron chi connectivity index (χ3n) is 5.32. The van der Waals surface area contributed by atoms with Gasteiger partial charge in [-0.05, 0) is 31.7 Å². The Hall–Kier alpha value is -1.72. The molecule has 0 bridgehead atoms. The minimum Gasteiger partial charge on any atom is -0.335 e. The van der Waals surface area contributed by atoms with Gasteiger partial charge in [0.25, 0.3) is 5.91 Å². The molecule has 0 N–H and O–H groups in total. The number of hydrogen-bond acceptors (Lipinski definition) is 4. The standard InChI is InChI=1S/C22H31N3OS/c1-15(2)24-11-13-25(14-12-24)21(26)19-16(3)23-20(27-19)17-7-9-18(10-8-17)22(4,5)6/h7-10,15H,11-14H2,1-6H3. The largest absolute Gasteiger partial charge is 0.335 e. The van der Waals surface area contributed by atoms with E-state index in [0.717, 1.165) is 47.3 Å². The van der Waals surface area contributed by atoms with Crippen LogP contribution in [0.5, 0.6) is 0 Å². The third kappa shape index (κ3) is 4.41. The summed E-state index contributed by atoms with van der Waals surface area (Å²) in [5, 5.41) is 0.928. The van der Waals surface area contributed by atoms with Crippen LogP contribution in [0.2, 0.25) is 0 Å². The van der Waals surface area contributed by atoms with Gasteiger partial charge in [-0.3, -0.25) is 9.69 Å². The van der Waals surface area contributed by atoms with Crippen LogP contribution in [0.25, 0.3) is 10.6 Å². The first-order chi connectivity index (χ1) is 12.7. The van der Waals surface area contributed by atoms with Gasteiger partial charge in [-0.15, -0.1) is 11.3 Å². The van der Waals surface area contributed by atoms with Crippen molar-refractivity contribution < 1.29 is 4.79 Å². The maximum Gasteiger partial charge on any atom is 0.265 e. The molecular formula is C22H31N3OS. The van der Waals surface area contributed by atoms with E-state index in [9.17, 15) is 4.79 Å². The molecule has 27 heavy (non-hydrogen) atoms. The fraction of sp³-hybridized carbons (Fsp3) is 0.545. The van der Waals surface area contributed by atoms with Crippen molar-refractivity contribution in [3.63, 3.8) is 0 Å². The first kappa shape index (κ1) is 20.0. The monoisotopic (exact) mass is 385 g/mol. The van der Waals surface area contributed by atoms with Crippen molar-refractivity contribution in [3.05, 3.63) is 40.4 Å². The van der Waals surface area contributed by atoms with Crippen LogP contribution in [0.3, 0.4) is 0 Å². The molecule has 2 aromatic rings. The van der Waals surface area contributed by atoms with Crippen LogP contribution in [0.15, 0.2) is 24.3 Å². The molecule has 0 aliphatic carbocycles. The normalized spacial score (nSPS) is 16.2. The second-order valence-electron chi connectivity index (χ2n) is 8.68. The van der Waals surface area contributed by atoms with E-state index in [2.05, 4.69) is 63.8 Å². The van der Waals surface area contributed by atoms with Crippen molar-refractivity contribution in [1.82, 2.24) is 14.8 Å². The van der Waals surface area contributed by atoms with Gasteiger partial charge in [-0.2, -0.15) is 0 Å². The van der Waals surface area contributed by atoms with E-state index >= 15 is 0 Å². The van der Waals surface area contributed by atoms with E-state index in [1.807, 2.05) is 11.8 Å². The molecule has 0 atom stereocenters. The van der Waals surface area contributed by atoms with E-state index < -0.39 is 0 Å². The Bertz CT molecular complexity index is 794. The van der Waals surface area contributed by atoms with Crippen LogP contribution in [0.1, 0.15) is 55.5 Å². The summed E-state index contributed by atoms with van der Waals surface area (Å²) < 4.78 is 0. The number of aromatic nitrogens is 1. The van der Waals surface area contributed by atoms with Gasteiger partial charge in [-0.1, -0.05) is 45.0 Å². The highest BCUT2D eigenvalue weighted by molar-refractivity contribution is 7.17. The SMILES string of the molecule is Cc1nc(-c2ccc(C(C)(C)C)cc2)sc1C(=O)N1CCN(C(C)C)CC1. The number of carbonyl (C=O) groups is 1. The van der Waals surface area contributed by atoms with Crippen molar-refractivity contribution in [2.45, 2.75) is 53.0 Å². The van der Waals surface area contributed by atoms with E-state index in [0.29, 0.717) is 6.04 Å². The lowest BCUT2D eigenvalue weighted by Gasteiger charge is -2.36. The molecule has 1 aromatic carbocycles. The van der Waals surface area contributed by atoms with Gasteiger partial charge < -0.3 is 4.90 Å². The summed E-state index contributed by atoms with van der Waals surface area (Å²) in [6.45, 7) is 16.5. The number of hydrogen-bond donors (Lipinski definition) is 0. The summed E-state index contributed by atoms with van der Waals surface area (Å²) in [7, 11) is 0. The molecule has 146 valence electrons. The van der Waals surface area contributed by atoms with E-state index in [-0.39, 0.29) is 11.3 Å². The van der Waals surface area contributed by atoms with Crippen LogP contribution < -0.4 is 0 Å². The fourth-order valence-electron chi connectivity index (χ4n) is 3.42. The lowest BCUT2D eigenvalue weighted by atomic mass is 9.87. The smallest absolute Gasteiger partial charge is 0.265 e. The zero-order chi connectivity index (χ0) is 19.8. The van der Waals surface area contributed by atoms with Crippen molar-refractivity contribution in [2.24, 2.45) is 0 Å². The molecule has 3 rings (SSSR count). The third-order valence-corrected chi connectivity index (χ3v) is 6.51. The molecule has 1 aromatic heterocycles. The Morgan fingerprint density at radius 1 is 1.07 bits per heavy atom. The molecule has 0 spiro atoms. The van der Waals surface area contributed by atoms with Crippen LogP contribution in [-0.4, -0.2) is 52.9 Å². The van der Waals surface area contributed by atoms with Gasteiger partial charge in [0.05, 0.1) is 5.69 Å². The minimum atomic E-state index is 0.131. The first-order valence-electron chi connectivity index (χ1n) is 9.78. The van der Waals surface area contributed by atoms with Crippen molar-refractivity contribution in [2.75, 3.05) is 26.2 Å². The summed E-state index contributed by atoms with van der Waals surface area (Å²) in [4.78, 5) is 22.9. The topological polar surface area (TPSA) is 36.4 Å². The predicted molar refractivity (Wildman–Crippen MR) is 114 cm³/mol. The summed E-state index contributed by atoms with van der Waals surface area (Å²) >= 11 is 1.52. The van der Waals surface area contributed by atoms with Gasteiger partial charge in [0.15, 0.2) is 0 Å². The highest BCUT2D eigenvalue weighted by Gasteiger charge is 2.26. The molecule has 1 saturated heterocycles. The lowest BCUT2D eigenvalue weighted by Crippen LogP contribution is -2.50. The Morgan fingerprint density at radius 2 is 1.67 bits per heavy atom. The van der Waals surface area contributed by atoms with Gasteiger partial charge in [0.1, 0.15) is 9.88 Å². The van der Waals surface area contributed by atoms with Crippen molar-refractivity contribution in [1.29, 1.82) is 0 Å². The minimum absolute atomic E-state index is 0.131. The molecule has 0 radical (unpaired) electrons. The molecule has 1 aliphatic rings. The maximum atomic E-state index is 13.0. The maximum absolute atomic E-state index is 13.0. The van der Waals surface area contributed by atoms with Crippen LogP contribution in [0.4, 0.5) is 0 Å². The number of thiazole rings is 1. The van der Waals surface area contributed by atoms with Crippen LogP contribution in [-0.2, 0) is 5.41 Å². The van der Waals surface area contributed by atoms with Crippen LogP contribution in [0, 0.1) is 6.92 Å². The summed E-state index contributed by atoms with van der Waals surface area (Å²) in [6.07, 6.45) is 0. The molecular weight excluding hydrogens is 354 g/mol. The highest BCUT2D eigenvalue weighted by Crippen LogP contribution is 2.31. The summed E-state index contributed by atoms with van der Waals surface area (Å²) in [5.41, 5.74) is 3.36. The molecule has 1 amide bonds. The number of aryl methyl sites for hydroxylation is 1. The number of piperazine rings is 1. The average Bonchev–Trinajstić information content (AvgIpc) is 3.02. The zero-order valence-electron chi connectivity index (χ0n) is 17.4. The summed E-state index contributed by atoms with van der Waals surface area (Å²) in [6, 6.07) is 9.11. The van der Waals surface area contributed by atoms with Gasteiger partial charge in [-0.25, -0.2) is 4.98 Å². The number of amides is 1. The van der Waals surface area contributed by atoms with Crippen molar-refractivity contribution >= 4 is 17.2 Å². The van der Waals surface area contributed by atoms with Gasteiger partial charge in [0.2, 0.25) is 0 Å². The van der Waals surface area contributed by atoms with Gasteiger partial charge in [0, 0.05) is 37.8 Å². The Morgan fingerprint density at radius 3 is 2.19 bits per heavy atom. The second kappa shape index (κ2) is 7.72. The molecule has 1 aliphatic heterocycles. The average molecular weight is 386 g/mol. The lowest BCUT2D eigenvalue weighted by molar-refractivity contribution is 0.0599. The molecule has 1 fully saturated rings. The molecule has 0 saturated carbocycles. The van der Waals surface area contributed by atoms with E-state index in [1.54, 1.807) is 0 Å². The van der Waals surface area contributed by atoms with E-state index in [1.165, 1.54) is 16.9 Å². The highest BCUT2D eigenvalue weighted by atomic mass is 32.1. The molecule has 2 heterocycles. The quantitative estimate of drug-likeness (QED) is 0.776. The number of carbonyl (C=O) groups excluding carboxylic acids is 1. The zero-order valence-corrected chi connectivity index (χ0v) is 18.2. The first-order valence-corrected chi connectivity index (χ1v) is 10.6. The second-order valence-corrected chi connectivity index (χ2v) is 9.68. The Kier molecular flexibility index (Phi) is 5.73. The Labute approximate surface area is 167 Å². The molecule has 0 unspecified atom stereocenters. The Balaban J connectivity index is 1.76. The number of nitrogens with zero attached hydrogens (tertiary/aromatic N) is 3. The molecule has 5 heteroatoms. The number of benzene rings is 1. The fourth-order valence-corrected chi connectivity index (χ4v) is 4.46. The summed E-state index contributed by atoms with van der Waals surface area (Å²) in [5.74, 6) is 0.131. The van der Waals surface area contributed by atoms with Crippen LogP contribution >= 0.6 is 11.3 Å². The number of rotatable bonds is 3. The molecule has 4 nitrogen and oxygen atoms in total. The van der Waals surface area contributed by atoms with E-state index in [4.69, 9.17) is 4.98 Å².